The highest BCUT2D eigenvalue weighted by Gasteiger charge is 2.40. The van der Waals surface area contributed by atoms with Crippen molar-refractivity contribution in [3.63, 3.8) is 0 Å². The third kappa shape index (κ3) is 5.30. The van der Waals surface area contributed by atoms with Crippen molar-refractivity contribution in [3.05, 3.63) is 47.7 Å². The lowest BCUT2D eigenvalue weighted by Gasteiger charge is -2.34. The maximum absolute atomic E-state index is 12.8. The number of aliphatic hydroxyl groups excluding tert-OH is 1. The van der Waals surface area contributed by atoms with E-state index in [9.17, 15) is 14.9 Å². The van der Waals surface area contributed by atoms with Gasteiger partial charge in [-0.1, -0.05) is 30.3 Å². The van der Waals surface area contributed by atoms with Gasteiger partial charge in [-0.25, -0.2) is 0 Å². The Kier molecular flexibility index (Phi) is 7.53. The first-order valence-corrected chi connectivity index (χ1v) is 10.1. The Labute approximate surface area is 171 Å². The Morgan fingerprint density at radius 1 is 1.10 bits per heavy atom. The number of piperazine rings is 1. The number of carbonyl (C=O) groups excluding carboxylic acids is 2. The summed E-state index contributed by atoms with van der Waals surface area (Å²) < 4.78 is 0. The summed E-state index contributed by atoms with van der Waals surface area (Å²) in [6.07, 6.45) is 1.67. The number of carbonyl (C=O) groups is 2. The minimum absolute atomic E-state index is 0.108. The van der Waals surface area contributed by atoms with E-state index in [4.69, 9.17) is 5.11 Å². The zero-order valence-electron chi connectivity index (χ0n) is 16.6. The minimum Gasteiger partial charge on any atom is -0.395 e. The first kappa shape index (κ1) is 21.2. The lowest BCUT2D eigenvalue weighted by Crippen LogP contribution is -2.48. The standard InChI is InChI=1S/C22H28N4O3/c23-15-19-18(17-4-2-1-3-5-17)14-21(28)20(22(19)29)16-24-6-7-25-8-10-26(11-9-25)12-13-27/h1-5,16,18-19,24,27H,6-14H2/b20-16+. The summed E-state index contributed by atoms with van der Waals surface area (Å²) in [5.74, 6) is -1.81. The topological polar surface area (TPSA) is 96.7 Å². The number of hydrogen-bond donors (Lipinski definition) is 2. The third-order valence-electron chi connectivity index (χ3n) is 5.72. The summed E-state index contributed by atoms with van der Waals surface area (Å²) in [4.78, 5) is 29.9. The van der Waals surface area contributed by atoms with Crippen LogP contribution in [0.4, 0.5) is 0 Å². The highest BCUT2D eigenvalue weighted by Crippen LogP contribution is 2.35. The molecular weight excluding hydrogens is 368 g/mol. The van der Waals surface area contributed by atoms with Crippen LogP contribution in [0, 0.1) is 17.2 Å². The third-order valence-corrected chi connectivity index (χ3v) is 5.72. The average molecular weight is 396 g/mol. The summed E-state index contributed by atoms with van der Waals surface area (Å²) in [5, 5.41) is 21.6. The molecule has 1 saturated heterocycles. The van der Waals surface area contributed by atoms with Gasteiger partial charge in [0.2, 0.25) is 0 Å². The van der Waals surface area contributed by atoms with Crippen LogP contribution < -0.4 is 5.32 Å². The number of ketones is 2. The molecule has 1 aromatic rings. The number of hydrogen-bond acceptors (Lipinski definition) is 7. The molecule has 0 amide bonds. The van der Waals surface area contributed by atoms with Crippen LogP contribution in [0.5, 0.6) is 0 Å². The summed E-state index contributed by atoms with van der Waals surface area (Å²) in [7, 11) is 0. The van der Waals surface area contributed by atoms with Crippen LogP contribution >= 0.6 is 0 Å². The number of allylic oxidation sites excluding steroid dienone is 1. The summed E-state index contributed by atoms with van der Waals surface area (Å²) in [6, 6.07) is 11.4. The second kappa shape index (κ2) is 10.3. The van der Waals surface area contributed by atoms with Gasteiger partial charge in [-0.3, -0.25) is 19.4 Å². The van der Waals surface area contributed by atoms with E-state index in [0.717, 1.165) is 38.3 Å². The van der Waals surface area contributed by atoms with Gasteiger partial charge in [0.15, 0.2) is 11.6 Å². The first-order valence-electron chi connectivity index (χ1n) is 10.1. The molecule has 154 valence electrons. The van der Waals surface area contributed by atoms with Crippen LogP contribution in [0.2, 0.25) is 0 Å². The molecule has 2 atom stereocenters. The summed E-state index contributed by atoms with van der Waals surface area (Å²) in [5.41, 5.74) is 0.963. The molecule has 1 heterocycles. The summed E-state index contributed by atoms with van der Waals surface area (Å²) in [6.45, 7) is 6.08. The van der Waals surface area contributed by atoms with E-state index in [1.807, 2.05) is 30.3 Å². The number of nitrogens with one attached hydrogen (secondary N) is 1. The molecule has 7 heteroatoms. The predicted molar refractivity (Wildman–Crippen MR) is 109 cm³/mol. The van der Waals surface area contributed by atoms with E-state index in [0.29, 0.717) is 13.1 Å². The van der Waals surface area contributed by atoms with E-state index in [1.165, 1.54) is 6.20 Å². The number of nitrogens with zero attached hydrogens (tertiary/aromatic N) is 3. The molecule has 2 unspecified atom stereocenters. The molecule has 1 aromatic carbocycles. The summed E-state index contributed by atoms with van der Waals surface area (Å²) >= 11 is 0. The SMILES string of the molecule is N#CC1C(=O)/C(=C/NCCN2CCN(CCO)CC2)C(=O)CC1c1ccccc1. The lowest BCUT2D eigenvalue weighted by molar-refractivity contribution is -0.126. The van der Waals surface area contributed by atoms with Gasteiger partial charge in [-0.2, -0.15) is 5.26 Å². The van der Waals surface area contributed by atoms with Gasteiger partial charge < -0.3 is 10.4 Å². The number of nitriles is 1. The Bertz CT molecular complexity index is 779. The molecule has 0 aromatic heterocycles. The molecule has 2 fully saturated rings. The van der Waals surface area contributed by atoms with Crippen LogP contribution in [-0.2, 0) is 9.59 Å². The largest absolute Gasteiger partial charge is 0.395 e. The quantitative estimate of drug-likeness (QED) is 0.394. The van der Waals surface area contributed by atoms with Crippen molar-refractivity contribution in [2.75, 3.05) is 52.4 Å². The molecular formula is C22H28N4O3. The molecule has 7 nitrogen and oxygen atoms in total. The molecule has 0 bridgehead atoms. The van der Waals surface area contributed by atoms with Gasteiger partial charge in [-0.05, 0) is 5.56 Å². The number of benzene rings is 1. The first-order chi connectivity index (χ1) is 14.1. The monoisotopic (exact) mass is 396 g/mol. The highest BCUT2D eigenvalue weighted by molar-refractivity contribution is 6.23. The Morgan fingerprint density at radius 2 is 1.76 bits per heavy atom. The van der Waals surface area contributed by atoms with Crippen LogP contribution in [0.3, 0.4) is 0 Å². The molecule has 1 aliphatic carbocycles. The molecule has 1 aliphatic heterocycles. The molecule has 0 radical (unpaired) electrons. The molecule has 2 aliphatic rings. The second-order valence-corrected chi connectivity index (χ2v) is 7.53. The van der Waals surface area contributed by atoms with E-state index in [-0.39, 0.29) is 36.1 Å². The number of β-amino-alcohol motifs (C(OH)–C–C–N with tert-alkyl or cyclic N) is 1. The van der Waals surface area contributed by atoms with E-state index >= 15 is 0 Å². The predicted octanol–water partition coefficient (Wildman–Crippen LogP) is 0.535. The maximum atomic E-state index is 12.8. The number of aliphatic hydroxyl groups is 1. The van der Waals surface area contributed by atoms with Crippen molar-refractivity contribution in [3.8, 4) is 6.07 Å². The number of rotatable bonds is 7. The fourth-order valence-corrected chi connectivity index (χ4v) is 4.00. The van der Waals surface area contributed by atoms with E-state index < -0.39 is 5.92 Å². The van der Waals surface area contributed by atoms with Gasteiger partial charge in [0.1, 0.15) is 5.92 Å². The fourth-order valence-electron chi connectivity index (χ4n) is 4.00. The van der Waals surface area contributed by atoms with Crippen LogP contribution in [0.1, 0.15) is 17.9 Å². The van der Waals surface area contributed by atoms with Crippen LogP contribution in [0.25, 0.3) is 0 Å². The zero-order chi connectivity index (χ0) is 20.6. The van der Waals surface area contributed by atoms with Crippen molar-refractivity contribution >= 4 is 11.6 Å². The second-order valence-electron chi connectivity index (χ2n) is 7.53. The van der Waals surface area contributed by atoms with Gasteiger partial charge in [-0.15, -0.1) is 0 Å². The van der Waals surface area contributed by atoms with Crippen molar-refractivity contribution < 1.29 is 14.7 Å². The number of Topliss-reactive ketones (excluding diaryl/α,β-unsaturated/α-hetero) is 2. The maximum Gasteiger partial charge on any atom is 0.185 e. The van der Waals surface area contributed by atoms with E-state index in [1.54, 1.807) is 0 Å². The van der Waals surface area contributed by atoms with Crippen molar-refractivity contribution in [1.82, 2.24) is 15.1 Å². The smallest absolute Gasteiger partial charge is 0.185 e. The van der Waals surface area contributed by atoms with Crippen molar-refractivity contribution in [1.29, 1.82) is 5.26 Å². The average Bonchev–Trinajstić information content (AvgIpc) is 2.74. The van der Waals surface area contributed by atoms with Crippen molar-refractivity contribution in [2.24, 2.45) is 5.92 Å². The Hall–Kier alpha value is -2.53. The van der Waals surface area contributed by atoms with Gasteiger partial charge in [0.25, 0.3) is 0 Å². The fraction of sp³-hybridized carbons (Fsp3) is 0.500. The zero-order valence-corrected chi connectivity index (χ0v) is 16.6. The van der Waals surface area contributed by atoms with Gasteiger partial charge in [0.05, 0.1) is 18.2 Å². The molecule has 1 saturated carbocycles. The van der Waals surface area contributed by atoms with E-state index in [2.05, 4.69) is 21.2 Å². The Balaban J connectivity index is 1.53. The van der Waals surface area contributed by atoms with Crippen LogP contribution in [-0.4, -0.2) is 78.9 Å². The molecule has 29 heavy (non-hydrogen) atoms. The van der Waals surface area contributed by atoms with Gasteiger partial charge in [0, 0.05) is 64.4 Å². The normalized spacial score (nSPS) is 25.2. The van der Waals surface area contributed by atoms with Crippen LogP contribution in [0.15, 0.2) is 42.1 Å². The molecule has 2 N–H and O–H groups in total. The highest BCUT2D eigenvalue weighted by atomic mass is 16.3. The molecule has 3 rings (SSSR count). The van der Waals surface area contributed by atoms with Crippen molar-refractivity contribution in [2.45, 2.75) is 12.3 Å². The Morgan fingerprint density at radius 3 is 2.38 bits per heavy atom. The van der Waals surface area contributed by atoms with Gasteiger partial charge >= 0.3 is 0 Å². The lowest BCUT2D eigenvalue weighted by atomic mass is 9.73. The molecule has 0 spiro atoms. The minimum atomic E-state index is -0.831.